The van der Waals surface area contributed by atoms with Gasteiger partial charge in [0.1, 0.15) is 0 Å². The summed E-state index contributed by atoms with van der Waals surface area (Å²) in [5.74, 6) is -0.258. The summed E-state index contributed by atoms with van der Waals surface area (Å²) in [7, 11) is -1.92. The molecule has 0 radical (unpaired) electrons. The van der Waals surface area contributed by atoms with Crippen molar-refractivity contribution in [3.05, 3.63) is 35.9 Å². The quantitative estimate of drug-likeness (QED) is 0.789. The van der Waals surface area contributed by atoms with Crippen LogP contribution in [0.2, 0.25) is 0 Å². The molecule has 0 aliphatic heterocycles. The van der Waals surface area contributed by atoms with Gasteiger partial charge in [-0.15, -0.1) is 0 Å². The molecular weight excluding hydrogens is 276 g/mol. The van der Waals surface area contributed by atoms with Crippen LogP contribution in [0.4, 0.5) is 0 Å². The number of hydrogen-bond acceptors (Lipinski definition) is 3. The Bertz CT molecular complexity index is 539. The fourth-order valence-corrected chi connectivity index (χ4v) is 2.46. The highest BCUT2D eigenvalue weighted by Gasteiger charge is 2.24. The van der Waals surface area contributed by atoms with Gasteiger partial charge in [0.05, 0.1) is 5.75 Å². The highest BCUT2D eigenvalue weighted by Crippen LogP contribution is 2.26. The van der Waals surface area contributed by atoms with Crippen LogP contribution in [0.3, 0.4) is 0 Å². The number of rotatable bonds is 7. The maximum Gasteiger partial charge on any atom is 0.220 e. The molecule has 1 amide bonds. The molecule has 0 aliphatic rings. The first-order chi connectivity index (χ1) is 9.27. The van der Waals surface area contributed by atoms with Crippen molar-refractivity contribution in [1.82, 2.24) is 10.0 Å². The van der Waals surface area contributed by atoms with Gasteiger partial charge in [0.2, 0.25) is 15.9 Å². The monoisotopic (exact) mass is 298 g/mol. The van der Waals surface area contributed by atoms with E-state index in [2.05, 4.69) is 10.0 Å². The Morgan fingerprint density at radius 2 is 1.80 bits per heavy atom. The second-order valence-electron chi connectivity index (χ2n) is 5.30. The van der Waals surface area contributed by atoms with Crippen molar-refractivity contribution in [3.63, 3.8) is 0 Å². The predicted octanol–water partition coefficient (Wildman–Crippen LogP) is 1.02. The van der Waals surface area contributed by atoms with Gasteiger partial charge in [-0.3, -0.25) is 4.79 Å². The minimum Gasteiger partial charge on any atom is -0.355 e. The van der Waals surface area contributed by atoms with Crippen LogP contribution in [0.1, 0.15) is 25.8 Å². The Hall–Kier alpha value is -1.40. The second kappa shape index (κ2) is 6.85. The Morgan fingerprint density at radius 1 is 1.20 bits per heavy atom. The van der Waals surface area contributed by atoms with Gasteiger partial charge in [0.15, 0.2) is 0 Å². The molecule has 0 heterocycles. The minimum atomic E-state index is -3.28. The van der Waals surface area contributed by atoms with Gasteiger partial charge in [-0.1, -0.05) is 44.2 Å². The summed E-state index contributed by atoms with van der Waals surface area (Å²) in [6.45, 7) is 4.10. The summed E-state index contributed by atoms with van der Waals surface area (Å²) < 4.78 is 24.7. The molecule has 0 aliphatic carbocycles. The van der Waals surface area contributed by atoms with Crippen LogP contribution < -0.4 is 10.0 Å². The van der Waals surface area contributed by atoms with Gasteiger partial charge in [0, 0.05) is 13.0 Å². The highest BCUT2D eigenvalue weighted by molar-refractivity contribution is 7.89. The molecule has 0 fully saturated rings. The van der Waals surface area contributed by atoms with E-state index in [0.29, 0.717) is 6.42 Å². The van der Waals surface area contributed by atoms with E-state index in [9.17, 15) is 13.2 Å². The van der Waals surface area contributed by atoms with E-state index < -0.39 is 10.0 Å². The van der Waals surface area contributed by atoms with E-state index in [1.165, 1.54) is 7.05 Å². The molecule has 5 nitrogen and oxygen atoms in total. The maximum absolute atomic E-state index is 11.9. The lowest BCUT2D eigenvalue weighted by Gasteiger charge is -2.24. The molecule has 0 saturated heterocycles. The topological polar surface area (TPSA) is 75.3 Å². The molecule has 20 heavy (non-hydrogen) atoms. The van der Waals surface area contributed by atoms with Gasteiger partial charge in [-0.2, -0.15) is 0 Å². The molecule has 0 spiro atoms. The third kappa shape index (κ3) is 5.30. The lowest BCUT2D eigenvalue weighted by molar-refractivity contribution is -0.122. The molecule has 0 atom stereocenters. The van der Waals surface area contributed by atoms with Gasteiger partial charge >= 0.3 is 0 Å². The van der Waals surface area contributed by atoms with Gasteiger partial charge in [0.25, 0.3) is 0 Å². The fraction of sp³-hybridized carbons (Fsp3) is 0.500. The zero-order valence-electron chi connectivity index (χ0n) is 12.1. The molecule has 0 aromatic heterocycles. The third-order valence-electron chi connectivity index (χ3n) is 3.16. The number of carbonyl (C=O) groups is 1. The van der Waals surface area contributed by atoms with Crippen LogP contribution in [0, 0.1) is 0 Å². The van der Waals surface area contributed by atoms with E-state index in [-0.39, 0.29) is 23.6 Å². The van der Waals surface area contributed by atoms with Gasteiger partial charge in [-0.25, -0.2) is 13.1 Å². The normalized spacial score (nSPS) is 12.2. The largest absolute Gasteiger partial charge is 0.355 e. The first-order valence-corrected chi connectivity index (χ1v) is 8.15. The Morgan fingerprint density at radius 3 is 2.35 bits per heavy atom. The summed E-state index contributed by atoms with van der Waals surface area (Å²) >= 11 is 0. The smallest absolute Gasteiger partial charge is 0.220 e. The number of hydrogen-bond donors (Lipinski definition) is 2. The zero-order valence-corrected chi connectivity index (χ0v) is 13.0. The molecule has 0 saturated carbocycles. The minimum absolute atomic E-state index is 0.110. The van der Waals surface area contributed by atoms with E-state index in [4.69, 9.17) is 0 Å². The van der Waals surface area contributed by atoms with Crippen LogP contribution in [-0.4, -0.2) is 33.7 Å². The van der Waals surface area contributed by atoms with Crippen LogP contribution in [0.25, 0.3) is 0 Å². The summed E-state index contributed by atoms with van der Waals surface area (Å²) in [6.07, 6.45) is 0.316. The van der Waals surface area contributed by atoms with Crippen molar-refractivity contribution < 1.29 is 13.2 Å². The Kier molecular flexibility index (Phi) is 5.71. The van der Waals surface area contributed by atoms with Crippen molar-refractivity contribution in [3.8, 4) is 0 Å². The van der Waals surface area contributed by atoms with Crippen LogP contribution in [0.15, 0.2) is 30.3 Å². The lowest BCUT2D eigenvalue weighted by atomic mass is 9.81. The Balaban J connectivity index is 2.50. The van der Waals surface area contributed by atoms with Crippen LogP contribution in [0.5, 0.6) is 0 Å². The molecule has 1 aromatic carbocycles. The molecule has 6 heteroatoms. The van der Waals surface area contributed by atoms with E-state index >= 15 is 0 Å². The Labute approximate surface area is 120 Å². The summed E-state index contributed by atoms with van der Waals surface area (Å²) in [4.78, 5) is 11.9. The number of amides is 1. The molecule has 0 bridgehead atoms. The summed E-state index contributed by atoms with van der Waals surface area (Å²) in [6, 6.07) is 9.78. The average molecular weight is 298 g/mol. The number of benzene rings is 1. The standard InChI is InChI=1S/C14H22N2O3S/c1-14(2,12-7-5-4-6-8-12)11-13(17)16-9-10-20(18,19)15-3/h4-8,15H,9-11H2,1-3H3,(H,16,17). The number of sulfonamides is 1. The van der Waals surface area contributed by atoms with E-state index in [1.54, 1.807) is 0 Å². The number of nitrogens with one attached hydrogen (secondary N) is 2. The SMILES string of the molecule is CNS(=O)(=O)CCNC(=O)CC(C)(C)c1ccccc1. The maximum atomic E-state index is 11.9. The van der Waals surface area contributed by atoms with E-state index in [1.807, 2.05) is 44.2 Å². The molecule has 112 valence electrons. The van der Waals surface area contributed by atoms with Gasteiger partial charge < -0.3 is 5.32 Å². The molecule has 1 rings (SSSR count). The lowest BCUT2D eigenvalue weighted by Crippen LogP contribution is -2.35. The molecule has 2 N–H and O–H groups in total. The highest BCUT2D eigenvalue weighted by atomic mass is 32.2. The summed E-state index contributed by atoms with van der Waals surface area (Å²) in [5.41, 5.74) is 0.797. The van der Waals surface area contributed by atoms with Crippen molar-refractivity contribution >= 4 is 15.9 Å². The zero-order chi connectivity index (χ0) is 15.2. The van der Waals surface area contributed by atoms with Crippen molar-refractivity contribution in [2.24, 2.45) is 0 Å². The molecular formula is C14H22N2O3S. The number of carbonyl (C=O) groups excluding carboxylic acids is 1. The summed E-state index contributed by atoms with van der Waals surface area (Å²) in [5, 5.41) is 2.64. The molecule has 0 unspecified atom stereocenters. The third-order valence-corrected chi connectivity index (χ3v) is 4.53. The van der Waals surface area contributed by atoms with E-state index in [0.717, 1.165) is 5.56 Å². The predicted molar refractivity (Wildman–Crippen MR) is 79.9 cm³/mol. The van der Waals surface area contributed by atoms with Gasteiger partial charge in [-0.05, 0) is 18.0 Å². The second-order valence-corrected chi connectivity index (χ2v) is 7.35. The first-order valence-electron chi connectivity index (χ1n) is 6.50. The van der Waals surface area contributed by atoms with Crippen LogP contribution >= 0.6 is 0 Å². The van der Waals surface area contributed by atoms with Crippen molar-refractivity contribution in [2.45, 2.75) is 25.7 Å². The average Bonchev–Trinajstić information content (AvgIpc) is 2.39. The molecule has 1 aromatic rings. The van der Waals surface area contributed by atoms with Crippen LogP contribution in [-0.2, 0) is 20.2 Å². The van der Waals surface area contributed by atoms with Crippen molar-refractivity contribution in [2.75, 3.05) is 19.3 Å². The fourth-order valence-electron chi connectivity index (χ4n) is 1.88. The van der Waals surface area contributed by atoms with Crippen molar-refractivity contribution in [1.29, 1.82) is 0 Å². The first kappa shape index (κ1) is 16.7.